The first-order valence-electron chi connectivity index (χ1n) is 10.5. The molecule has 3 fully saturated rings. The molecule has 0 bridgehead atoms. The van der Waals surface area contributed by atoms with E-state index in [0.717, 1.165) is 57.7 Å². The minimum atomic E-state index is 0.0788. The molecule has 0 spiro atoms. The fraction of sp³-hybridized carbons (Fsp3) is 0.667. The smallest absolute Gasteiger partial charge is 0.225 e. The zero-order chi connectivity index (χ0) is 19.3. The lowest BCUT2D eigenvalue weighted by molar-refractivity contribution is -0.144. The van der Waals surface area contributed by atoms with Crippen molar-refractivity contribution in [3.05, 3.63) is 24.4 Å². The van der Waals surface area contributed by atoms with Gasteiger partial charge in [0, 0.05) is 57.3 Å². The number of amides is 2. The van der Waals surface area contributed by atoms with Crippen LogP contribution in [0.15, 0.2) is 24.4 Å². The van der Waals surface area contributed by atoms with Gasteiger partial charge in [0.25, 0.3) is 0 Å². The summed E-state index contributed by atoms with van der Waals surface area (Å²) in [5.41, 5.74) is 0. The van der Waals surface area contributed by atoms with E-state index in [1.54, 1.807) is 0 Å². The molecule has 2 aliphatic heterocycles. The molecule has 3 heterocycles. The lowest BCUT2D eigenvalue weighted by atomic mass is 9.80. The second-order valence-electron chi connectivity index (χ2n) is 7.99. The molecule has 1 saturated carbocycles. The molecule has 7 nitrogen and oxygen atoms in total. The van der Waals surface area contributed by atoms with E-state index in [4.69, 9.17) is 4.74 Å². The zero-order valence-electron chi connectivity index (χ0n) is 16.5. The maximum absolute atomic E-state index is 13.0. The van der Waals surface area contributed by atoms with Crippen molar-refractivity contribution in [1.29, 1.82) is 0 Å². The third-order valence-electron chi connectivity index (χ3n) is 6.31. The standard InChI is InChI=1S/C21H30N4O3/c26-20(24-11-9-23(10-12-24)19-3-1-2-8-22-19)17-4-6-18(7-5-17)21(27)25-13-15-28-16-14-25/h1-3,8,17-18H,4-7,9-16H2. The third-order valence-corrected chi connectivity index (χ3v) is 6.31. The number of carbonyl (C=O) groups excluding carboxylic acids is 2. The van der Waals surface area contributed by atoms with Gasteiger partial charge in [0.05, 0.1) is 13.2 Å². The number of ether oxygens (including phenoxy) is 1. The molecular weight excluding hydrogens is 356 g/mol. The molecule has 2 amide bonds. The van der Waals surface area contributed by atoms with Crippen LogP contribution in [0.4, 0.5) is 5.82 Å². The first-order valence-corrected chi connectivity index (χ1v) is 10.5. The van der Waals surface area contributed by atoms with Gasteiger partial charge in [0.2, 0.25) is 11.8 Å². The van der Waals surface area contributed by atoms with Crippen LogP contribution in [-0.4, -0.2) is 79.1 Å². The molecule has 1 aromatic heterocycles. The number of nitrogens with zero attached hydrogens (tertiary/aromatic N) is 4. The number of rotatable bonds is 3. The number of aromatic nitrogens is 1. The van der Waals surface area contributed by atoms with Crippen LogP contribution in [-0.2, 0) is 14.3 Å². The molecule has 0 aromatic carbocycles. The van der Waals surface area contributed by atoms with Crippen LogP contribution in [0.5, 0.6) is 0 Å². The lowest BCUT2D eigenvalue weighted by Crippen LogP contribution is -2.51. The summed E-state index contributed by atoms with van der Waals surface area (Å²) in [5.74, 6) is 1.69. The van der Waals surface area contributed by atoms with Gasteiger partial charge in [-0.3, -0.25) is 9.59 Å². The van der Waals surface area contributed by atoms with Crippen LogP contribution in [0.1, 0.15) is 25.7 Å². The molecular formula is C21H30N4O3. The van der Waals surface area contributed by atoms with Crippen molar-refractivity contribution in [3.63, 3.8) is 0 Å². The van der Waals surface area contributed by atoms with Crippen molar-refractivity contribution in [1.82, 2.24) is 14.8 Å². The number of piperazine rings is 1. The molecule has 28 heavy (non-hydrogen) atoms. The molecule has 1 aliphatic carbocycles. The number of carbonyl (C=O) groups is 2. The highest BCUT2D eigenvalue weighted by molar-refractivity contribution is 5.81. The highest BCUT2D eigenvalue weighted by Crippen LogP contribution is 2.32. The van der Waals surface area contributed by atoms with Gasteiger partial charge in [-0.2, -0.15) is 0 Å². The number of hydrogen-bond donors (Lipinski definition) is 0. The number of hydrogen-bond acceptors (Lipinski definition) is 5. The Balaban J connectivity index is 1.24. The first-order chi connectivity index (χ1) is 13.7. The molecule has 7 heteroatoms. The Kier molecular flexibility index (Phi) is 6.10. The predicted molar refractivity (Wildman–Crippen MR) is 106 cm³/mol. The second kappa shape index (κ2) is 8.90. The number of pyridine rings is 1. The summed E-state index contributed by atoms with van der Waals surface area (Å²) in [5, 5.41) is 0. The van der Waals surface area contributed by atoms with Crippen LogP contribution in [0.3, 0.4) is 0 Å². The van der Waals surface area contributed by atoms with Crippen molar-refractivity contribution in [2.75, 3.05) is 57.4 Å². The average Bonchev–Trinajstić information content (AvgIpc) is 2.79. The number of anilines is 1. The Bertz CT molecular complexity index is 661. The Morgan fingerprint density at radius 3 is 1.93 bits per heavy atom. The Hall–Kier alpha value is -2.15. The van der Waals surface area contributed by atoms with Gasteiger partial charge in [-0.15, -0.1) is 0 Å². The van der Waals surface area contributed by atoms with E-state index in [-0.39, 0.29) is 23.7 Å². The van der Waals surface area contributed by atoms with E-state index < -0.39 is 0 Å². The van der Waals surface area contributed by atoms with Crippen LogP contribution in [0.2, 0.25) is 0 Å². The minimum absolute atomic E-state index is 0.0788. The van der Waals surface area contributed by atoms with E-state index in [9.17, 15) is 9.59 Å². The first kappa shape index (κ1) is 19.2. The SMILES string of the molecule is O=C(C1CCC(C(=O)N2CCN(c3ccccn3)CC2)CC1)N1CCOCC1. The van der Waals surface area contributed by atoms with Crippen molar-refractivity contribution >= 4 is 17.6 Å². The van der Waals surface area contributed by atoms with Crippen LogP contribution >= 0.6 is 0 Å². The van der Waals surface area contributed by atoms with Gasteiger partial charge in [0.1, 0.15) is 5.82 Å². The van der Waals surface area contributed by atoms with Crippen molar-refractivity contribution in [2.24, 2.45) is 11.8 Å². The van der Waals surface area contributed by atoms with Crippen molar-refractivity contribution in [2.45, 2.75) is 25.7 Å². The van der Waals surface area contributed by atoms with Crippen LogP contribution in [0, 0.1) is 11.8 Å². The average molecular weight is 386 g/mol. The third kappa shape index (κ3) is 4.29. The molecule has 0 unspecified atom stereocenters. The predicted octanol–water partition coefficient (Wildman–Crippen LogP) is 1.40. The fourth-order valence-electron chi connectivity index (χ4n) is 4.58. The van der Waals surface area contributed by atoms with Gasteiger partial charge < -0.3 is 19.4 Å². The number of morpholine rings is 1. The summed E-state index contributed by atoms with van der Waals surface area (Å²) in [6.07, 6.45) is 5.14. The summed E-state index contributed by atoms with van der Waals surface area (Å²) in [6.45, 7) is 5.86. The Morgan fingerprint density at radius 1 is 0.821 bits per heavy atom. The van der Waals surface area contributed by atoms with Gasteiger partial charge in [-0.25, -0.2) is 4.98 Å². The molecule has 2 saturated heterocycles. The topological polar surface area (TPSA) is 66.0 Å². The van der Waals surface area contributed by atoms with Crippen LogP contribution < -0.4 is 4.90 Å². The summed E-state index contributed by atoms with van der Waals surface area (Å²) in [6, 6.07) is 5.93. The van der Waals surface area contributed by atoms with E-state index in [1.165, 1.54) is 0 Å². The maximum atomic E-state index is 13.0. The highest BCUT2D eigenvalue weighted by Gasteiger charge is 2.35. The lowest BCUT2D eigenvalue weighted by Gasteiger charge is -2.38. The van der Waals surface area contributed by atoms with E-state index in [1.807, 2.05) is 34.2 Å². The maximum Gasteiger partial charge on any atom is 0.225 e. The normalized spacial score (nSPS) is 26.2. The summed E-state index contributed by atoms with van der Waals surface area (Å²) < 4.78 is 5.34. The van der Waals surface area contributed by atoms with Gasteiger partial charge in [-0.05, 0) is 37.8 Å². The largest absolute Gasteiger partial charge is 0.378 e. The highest BCUT2D eigenvalue weighted by atomic mass is 16.5. The molecule has 0 radical (unpaired) electrons. The van der Waals surface area contributed by atoms with Gasteiger partial charge >= 0.3 is 0 Å². The Labute approximate surface area is 166 Å². The molecule has 0 atom stereocenters. The van der Waals surface area contributed by atoms with Gasteiger partial charge in [-0.1, -0.05) is 6.07 Å². The van der Waals surface area contributed by atoms with Crippen molar-refractivity contribution < 1.29 is 14.3 Å². The summed E-state index contributed by atoms with van der Waals surface area (Å²) in [7, 11) is 0. The zero-order valence-corrected chi connectivity index (χ0v) is 16.5. The van der Waals surface area contributed by atoms with Gasteiger partial charge in [0.15, 0.2) is 0 Å². The Morgan fingerprint density at radius 2 is 1.39 bits per heavy atom. The summed E-state index contributed by atoms with van der Waals surface area (Å²) >= 11 is 0. The minimum Gasteiger partial charge on any atom is -0.378 e. The molecule has 1 aromatic rings. The quantitative estimate of drug-likeness (QED) is 0.786. The van der Waals surface area contributed by atoms with E-state index in [2.05, 4.69) is 9.88 Å². The molecule has 3 aliphatic rings. The summed E-state index contributed by atoms with van der Waals surface area (Å²) in [4.78, 5) is 36.2. The van der Waals surface area contributed by atoms with E-state index in [0.29, 0.717) is 26.3 Å². The van der Waals surface area contributed by atoms with Crippen LogP contribution in [0.25, 0.3) is 0 Å². The van der Waals surface area contributed by atoms with Crippen molar-refractivity contribution in [3.8, 4) is 0 Å². The monoisotopic (exact) mass is 386 g/mol. The molecule has 152 valence electrons. The fourth-order valence-corrected chi connectivity index (χ4v) is 4.58. The molecule has 0 N–H and O–H groups in total. The van der Waals surface area contributed by atoms with E-state index >= 15 is 0 Å². The molecule has 4 rings (SSSR count). The second-order valence-corrected chi connectivity index (χ2v) is 7.99.